The van der Waals surface area contributed by atoms with Crippen LogP contribution >= 0.6 is 0 Å². The van der Waals surface area contributed by atoms with Crippen LogP contribution in [0.25, 0.3) is 0 Å². The summed E-state index contributed by atoms with van der Waals surface area (Å²) < 4.78 is 0. The van der Waals surface area contributed by atoms with Crippen LogP contribution in [-0.4, -0.2) is 42.3 Å². The average molecular weight is 240 g/mol. The summed E-state index contributed by atoms with van der Waals surface area (Å²) in [5.41, 5.74) is 0. The molecule has 0 aromatic heterocycles. The number of aliphatic hydroxyl groups is 1. The lowest BCUT2D eigenvalue weighted by Crippen LogP contribution is -2.43. The van der Waals surface area contributed by atoms with Crippen LogP contribution in [0.2, 0.25) is 0 Å². The van der Waals surface area contributed by atoms with Crippen LogP contribution in [-0.2, 0) is 0 Å². The Bertz CT molecular complexity index is 266. The first kappa shape index (κ1) is 12.7. The van der Waals surface area contributed by atoms with Crippen molar-refractivity contribution in [2.24, 2.45) is 11.8 Å². The quantitative estimate of drug-likeness (QED) is 0.784. The van der Waals surface area contributed by atoms with Gasteiger partial charge in [-0.3, -0.25) is 0 Å². The van der Waals surface area contributed by atoms with Crippen LogP contribution in [0.4, 0.5) is 4.79 Å². The van der Waals surface area contributed by atoms with Crippen LogP contribution in [0.5, 0.6) is 0 Å². The number of urea groups is 1. The van der Waals surface area contributed by atoms with Gasteiger partial charge in [-0.1, -0.05) is 12.8 Å². The zero-order valence-corrected chi connectivity index (χ0v) is 10.7. The molecule has 2 unspecified atom stereocenters. The standard InChI is InChI=1S/C13H24N2O2/c1-15(13(17)14-8-10-6-7-10)9-11-4-2-3-5-12(11)16/h10-12,16H,2-9H2,1H3,(H,14,17). The fourth-order valence-electron chi connectivity index (χ4n) is 2.52. The maximum Gasteiger partial charge on any atom is 0.317 e. The first-order valence-electron chi connectivity index (χ1n) is 6.84. The fraction of sp³-hybridized carbons (Fsp3) is 0.923. The second-order valence-electron chi connectivity index (χ2n) is 5.62. The monoisotopic (exact) mass is 240 g/mol. The third kappa shape index (κ3) is 3.87. The summed E-state index contributed by atoms with van der Waals surface area (Å²) in [7, 11) is 1.82. The number of hydrogen-bond donors (Lipinski definition) is 2. The van der Waals surface area contributed by atoms with Crippen molar-refractivity contribution in [3.63, 3.8) is 0 Å². The zero-order chi connectivity index (χ0) is 12.3. The van der Waals surface area contributed by atoms with Gasteiger partial charge in [-0.2, -0.15) is 0 Å². The molecule has 2 atom stereocenters. The lowest BCUT2D eigenvalue weighted by Gasteiger charge is -2.31. The van der Waals surface area contributed by atoms with E-state index in [4.69, 9.17) is 0 Å². The molecule has 2 saturated carbocycles. The number of carbonyl (C=O) groups is 1. The molecule has 0 spiro atoms. The number of aliphatic hydroxyl groups excluding tert-OH is 1. The van der Waals surface area contributed by atoms with E-state index in [1.54, 1.807) is 4.90 Å². The Balaban J connectivity index is 1.70. The average Bonchev–Trinajstić information content (AvgIpc) is 3.13. The minimum absolute atomic E-state index is 0.00896. The first-order valence-corrected chi connectivity index (χ1v) is 6.84. The lowest BCUT2D eigenvalue weighted by molar-refractivity contribution is 0.0565. The molecule has 2 aliphatic carbocycles. The molecule has 2 aliphatic rings. The number of rotatable bonds is 4. The van der Waals surface area contributed by atoms with E-state index in [2.05, 4.69) is 5.32 Å². The van der Waals surface area contributed by atoms with Crippen molar-refractivity contribution in [3.8, 4) is 0 Å². The molecule has 0 aromatic carbocycles. The van der Waals surface area contributed by atoms with Crippen molar-refractivity contribution in [1.82, 2.24) is 10.2 Å². The molecule has 0 saturated heterocycles. The second kappa shape index (κ2) is 5.71. The van der Waals surface area contributed by atoms with Crippen LogP contribution in [0.15, 0.2) is 0 Å². The Morgan fingerprint density at radius 3 is 2.65 bits per heavy atom. The van der Waals surface area contributed by atoms with Crippen LogP contribution in [0.3, 0.4) is 0 Å². The molecule has 2 fully saturated rings. The zero-order valence-electron chi connectivity index (χ0n) is 10.7. The summed E-state index contributed by atoms with van der Waals surface area (Å²) in [4.78, 5) is 13.5. The first-order chi connectivity index (χ1) is 8.16. The van der Waals surface area contributed by atoms with E-state index >= 15 is 0 Å². The van der Waals surface area contributed by atoms with Crippen LogP contribution in [0.1, 0.15) is 38.5 Å². The van der Waals surface area contributed by atoms with Crippen molar-refractivity contribution in [2.45, 2.75) is 44.6 Å². The van der Waals surface area contributed by atoms with Crippen molar-refractivity contribution < 1.29 is 9.90 Å². The highest BCUT2D eigenvalue weighted by Crippen LogP contribution is 2.28. The lowest BCUT2D eigenvalue weighted by atomic mass is 9.86. The van der Waals surface area contributed by atoms with E-state index in [0.717, 1.165) is 25.8 Å². The third-order valence-electron chi connectivity index (χ3n) is 3.96. The van der Waals surface area contributed by atoms with Crippen molar-refractivity contribution in [1.29, 1.82) is 0 Å². The summed E-state index contributed by atoms with van der Waals surface area (Å²) in [6.45, 7) is 1.49. The fourth-order valence-corrected chi connectivity index (χ4v) is 2.52. The predicted molar refractivity (Wildman–Crippen MR) is 66.7 cm³/mol. The molecule has 2 rings (SSSR count). The van der Waals surface area contributed by atoms with Gasteiger partial charge in [0, 0.05) is 26.1 Å². The van der Waals surface area contributed by atoms with Gasteiger partial charge in [0.2, 0.25) is 0 Å². The van der Waals surface area contributed by atoms with Crippen molar-refractivity contribution in [3.05, 3.63) is 0 Å². The number of nitrogens with zero attached hydrogens (tertiary/aromatic N) is 1. The van der Waals surface area contributed by atoms with Crippen LogP contribution in [0, 0.1) is 11.8 Å². The highest BCUT2D eigenvalue weighted by atomic mass is 16.3. The molecule has 4 heteroatoms. The third-order valence-corrected chi connectivity index (χ3v) is 3.96. The summed E-state index contributed by atoms with van der Waals surface area (Å²) in [5, 5.41) is 12.8. The normalized spacial score (nSPS) is 28.8. The van der Waals surface area contributed by atoms with Gasteiger partial charge >= 0.3 is 6.03 Å². The van der Waals surface area contributed by atoms with Crippen molar-refractivity contribution in [2.75, 3.05) is 20.1 Å². The Hall–Kier alpha value is -0.770. The van der Waals surface area contributed by atoms with Gasteiger partial charge in [-0.25, -0.2) is 4.79 Å². The molecule has 0 aromatic rings. The molecular formula is C13H24N2O2. The number of carbonyl (C=O) groups excluding carboxylic acids is 1. The summed E-state index contributed by atoms with van der Waals surface area (Å²) >= 11 is 0. The van der Waals surface area contributed by atoms with Gasteiger partial charge in [0.05, 0.1) is 6.10 Å². The molecule has 0 aliphatic heterocycles. The van der Waals surface area contributed by atoms with Gasteiger partial charge in [0.1, 0.15) is 0 Å². The Morgan fingerprint density at radius 1 is 1.29 bits per heavy atom. The van der Waals surface area contributed by atoms with Gasteiger partial charge in [0.25, 0.3) is 0 Å². The van der Waals surface area contributed by atoms with Gasteiger partial charge in [-0.05, 0) is 31.6 Å². The van der Waals surface area contributed by atoms with Crippen LogP contribution < -0.4 is 5.32 Å². The maximum absolute atomic E-state index is 11.8. The number of amides is 2. The molecule has 0 radical (unpaired) electrons. The SMILES string of the molecule is CN(CC1CCCCC1O)C(=O)NCC1CC1. The summed E-state index contributed by atoms with van der Waals surface area (Å²) in [6, 6.07) is 0.00896. The maximum atomic E-state index is 11.8. The van der Waals surface area contributed by atoms with Crippen molar-refractivity contribution >= 4 is 6.03 Å². The Morgan fingerprint density at radius 2 is 2.00 bits per heavy atom. The highest BCUT2D eigenvalue weighted by Gasteiger charge is 2.26. The number of nitrogens with one attached hydrogen (secondary N) is 1. The molecular weight excluding hydrogens is 216 g/mol. The molecule has 4 nitrogen and oxygen atoms in total. The van der Waals surface area contributed by atoms with Gasteiger partial charge in [0.15, 0.2) is 0 Å². The van der Waals surface area contributed by atoms with E-state index in [9.17, 15) is 9.90 Å². The summed E-state index contributed by atoms with van der Waals surface area (Å²) in [6.07, 6.45) is 6.52. The minimum Gasteiger partial charge on any atom is -0.393 e. The molecule has 17 heavy (non-hydrogen) atoms. The second-order valence-corrected chi connectivity index (χ2v) is 5.62. The van der Waals surface area contributed by atoms with E-state index < -0.39 is 0 Å². The summed E-state index contributed by atoms with van der Waals surface area (Å²) in [5.74, 6) is 0.980. The Labute approximate surface area is 103 Å². The van der Waals surface area contributed by atoms with E-state index in [1.165, 1.54) is 19.3 Å². The molecule has 0 bridgehead atoms. The van der Waals surface area contributed by atoms with E-state index in [0.29, 0.717) is 12.5 Å². The smallest absolute Gasteiger partial charge is 0.317 e. The molecule has 2 N–H and O–H groups in total. The van der Waals surface area contributed by atoms with E-state index in [-0.39, 0.29) is 18.1 Å². The highest BCUT2D eigenvalue weighted by molar-refractivity contribution is 5.73. The topological polar surface area (TPSA) is 52.6 Å². The predicted octanol–water partition coefficient (Wildman–Crippen LogP) is 1.59. The Kier molecular flexibility index (Phi) is 4.26. The molecule has 2 amide bonds. The van der Waals surface area contributed by atoms with E-state index in [1.807, 2.05) is 7.05 Å². The minimum atomic E-state index is -0.220. The molecule has 0 heterocycles. The van der Waals surface area contributed by atoms with Gasteiger partial charge in [-0.15, -0.1) is 0 Å². The largest absolute Gasteiger partial charge is 0.393 e. The number of hydrogen-bond acceptors (Lipinski definition) is 2. The molecule has 98 valence electrons. The van der Waals surface area contributed by atoms with Gasteiger partial charge < -0.3 is 15.3 Å².